The van der Waals surface area contributed by atoms with Gasteiger partial charge in [-0.15, -0.1) is 0 Å². The summed E-state index contributed by atoms with van der Waals surface area (Å²) in [6.45, 7) is 2.11. The van der Waals surface area contributed by atoms with E-state index in [2.05, 4.69) is 17.0 Å². The molecule has 1 N–H and O–H groups in total. The molecule has 1 aromatic carbocycles. The molecular formula is C16H17N3O2. The standard InChI is InChI=1S/C16H17N3O2/c1-3-4-11-9-17-10-14-15(11)18-19(16(14)20)12-5-7-13(21-2)8-6-12/h5-10,17H,3-4H2,1-2H3. The number of nitrogens with zero attached hydrogens (tertiary/aromatic N) is 2. The first-order chi connectivity index (χ1) is 10.2. The molecular weight excluding hydrogens is 266 g/mol. The third-order valence-electron chi connectivity index (χ3n) is 3.50. The molecule has 0 saturated heterocycles. The molecule has 2 heterocycles. The summed E-state index contributed by atoms with van der Waals surface area (Å²) in [5, 5.41) is 4.50. The largest absolute Gasteiger partial charge is 0.497 e. The van der Waals surface area contributed by atoms with Crippen molar-refractivity contribution in [2.75, 3.05) is 7.11 Å². The Morgan fingerprint density at radius 3 is 2.67 bits per heavy atom. The maximum Gasteiger partial charge on any atom is 0.282 e. The Bertz CT molecular complexity index is 771. The van der Waals surface area contributed by atoms with E-state index >= 15 is 0 Å². The number of rotatable bonds is 4. The number of hydrogen-bond donors (Lipinski definition) is 1. The van der Waals surface area contributed by atoms with Crippen molar-refractivity contribution in [2.45, 2.75) is 19.8 Å². The lowest BCUT2D eigenvalue weighted by Crippen LogP contribution is -2.14. The summed E-state index contributed by atoms with van der Waals surface area (Å²) in [5.74, 6) is 0.753. The van der Waals surface area contributed by atoms with Crippen LogP contribution in [0.2, 0.25) is 0 Å². The predicted octanol–water partition coefficient (Wildman–Crippen LogP) is 2.63. The van der Waals surface area contributed by atoms with Gasteiger partial charge in [0.1, 0.15) is 11.4 Å². The number of aromatic amines is 1. The predicted molar refractivity (Wildman–Crippen MR) is 81.4 cm³/mol. The second kappa shape index (κ2) is 5.44. The number of ether oxygens (including phenoxy) is 1. The van der Waals surface area contributed by atoms with Crippen LogP contribution >= 0.6 is 0 Å². The van der Waals surface area contributed by atoms with E-state index in [1.807, 2.05) is 30.5 Å². The van der Waals surface area contributed by atoms with Crippen molar-refractivity contribution in [1.29, 1.82) is 0 Å². The van der Waals surface area contributed by atoms with Gasteiger partial charge in [0.15, 0.2) is 0 Å². The van der Waals surface area contributed by atoms with Crippen LogP contribution in [0.15, 0.2) is 41.5 Å². The zero-order valence-electron chi connectivity index (χ0n) is 12.1. The van der Waals surface area contributed by atoms with E-state index < -0.39 is 0 Å². The third-order valence-corrected chi connectivity index (χ3v) is 3.50. The first-order valence-electron chi connectivity index (χ1n) is 6.97. The fourth-order valence-electron chi connectivity index (χ4n) is 2.43. The summed E-state index contributed by atoms with van der Waals surface area (Å²) >= 11 is 0. The zero-order valence-corrected chi connectivity index (χ0v) is 12.1. The molecule has 0 bridgehead atoms. The number of H-pyrrole nitrogens is 1. The molecule has 2 aliphatic rings. The molecule has 21 heavy (non-hydrogen) atoms. The Kier molecular flexibility index (Phi) is 3.48. The van der Waals surface area contributed by atoms with Gasteiger partial charge in [-0.25, -0.2) is 0 Å². The maximum atomic E-state index is 12.5. The van der Waals surface area contributed by atoms with Gasteiger partial charge in [0, 0.05) is 12.4 Å². The Morgan fingerprint density at radius 1 is 1.24 bits per heavy atom. The molecule has 2 aliphatic heterocycles. The summed E-state index contributed by atoms with van der Waals surface area (Å²) in [5.41, 5.74) is 3.09. The van der Waals surface area contributed by atoms with Gasteiger partial charge in [-0.2, -0.15) is 9.78 Å². The second-order valence-electron chi connectivity index (χ2n) is 4.91. The number of methoxy groups -OCH3 is 1. The van der Waals surface area contributed by atoms with E-state index in [9.17, 15) is 4.79 Å². The topological polar surface area (TPSA) is 59.9 Å². The molecule has 0 aliphatic carbocycles. The van der Waals surface area contributed by atoms with Gasteiger partial charge in [-0.1, -0.05) is 13.3 Å². The van der Waals surface area contributed by atoms with Crippen LogP contribution in [0.4, 0.5) is 0 Å². The van der Waals surface area contributed by atoms with Crippen molar-refractivity contribution in [2.24, 2.45) is 0 Å². The molecule has 3 rings (SSSR count). The minimum Gasteiger partial charge on any atom is -0.497 e. The van der Waals surface area contributed by atoms with Gasteiger partial charge in [-0.05, 0) is 36.2 Å². The molecule has 0 saturated carbocycles. The zero-order chi connectivity index (χ0) is 14.8. The average molecular weight is 283 g/mol. The minimum atomic E-state index is -0.107. The van der Waals surface area contributed by atoms with Gasteiger partial charge in [0.2, 0.25) is 0 Å². The van der Waals surface area contributed by atoms with Crippen molar-refractivity contribution in [3.8, 4) is 22.7 Å². The maximum absolute atomic E-state index is 12.5. The molecule has 108 valence electrons. The van der Waals surface area contributed by atoms with Crippen LogP contribution in [0, 0.1) is 0 Å². The molecule has 0 unspecified atom stereocenters. The van der Waals surface area contributed by atoms with Crippen LogP contribution < -0.4 is 10.3 Å². The monoisotopic (exact) mass is 283 g/mol. The summed E-state index contributed by atoms with van der Waals surface area (Å²) in [4.78, 5) is 15.5. The summed E-state index contributed by atoms with van der Waals surface area (Å²) in [6.07, 6.45) is 5.53. The normalized spacial score (nSPS) is 11.0. The van der Waals surface area contributed by atoms with Crippen LogP contribution in [0.3, 0.4) is 0 Å². The molecule has 0 spiro atoms. The van der Waals surface area contributed by atoms with E-state index in [1.165, 1.54) is 4.68 Å². The number of hydrogen-bond acceptors (Lipinski definition) is 3. The number of nitrogens with one attached hydrogen (secondary N) is 1. The van der Waals surface area contributed by atoms with Crippen LogP contribution in [0.1, 0.15) is 18.9 Å². The fourth-order valence-corrected chi connectivity index (χ4v) is 2.43. The van der Waals surface area contributed by atoms with E-state index in [0.717, 1.165) is 35.5 Å². The molecule has 5 heteroatoms. The van der Waals surface area contributed by atoms with Crippen molar-refractivity contribution < 1.29 is 4.74 Å². The third kappa shape index (κ3) is 2.31. The summed E-state index contributed by atoms with van der Waals surface area (Å²) < 4.78 is 6.57. The highest BCUT2D eigenvalue weighted by Gasteiger charge is 2.18. The highest BCUT2D eigenvalue weighted by Crippen LogP contribution is 2.22. The first-order valence-corrected chi connectivity index (χ1v) is 6.97. The van der Waals surface area contributed by atoms with Gasteiger partial charge in [-0.3, -0.25) is 4.79 Å². The SMILES string of the molecule is CCCc1c[nH]cc2c(=O)n(-c3ccc(OC)cc3)nc1-2. The van der Waals surface area contributed by atoms with E-state index in [1.54, 1.807) is 13.3 Å². The van der Waals surface area contributed by atoms with Crippen molar-refractivity contribution >= 4 is 0 Å². The molecule has 5 nitrogen and oxygen atoms in total. The van der Waals surface area contributed by atoms with Crippen molar-refractivity contribution in [3.05, 3.63) is 52.6 Å². The Balaban J connectivity index is 2.14. The summed E-state index contributed by atoms with van der Waals surface area (Å²) in [7, 11) is 1.61. The lowest BCUT2D eigenvalue weighted by atomic mass is 10.1. The second-order valence-corrected chi connectivity index (χ2v) is 4.91. The first kappa shape index (κ1) is 13.4. The molecule has 0 amide bonds. The number of aryl methyl sites for hydroxylation is 1. The Labute approximate surface area is 122 Å². The van der Waals surface area contributed by atoms with Gasteiger partial charge in [0.05, 0.1) is 18.4 Å². The molecule has 0 radical (unpaired) electrons. The van der Waals surface area contributed by atoms with E-state index in [4.69, 9.17) is 4.74 Å². The van der Waals surface area contributed by atoms with Gasteiger partial charge < -0.3 is 9.72 Å². The Hall–Kier alpha value is -2.56. The van der Waals surface area contributed by atoms with Crippen molar-refractivity contribution in [1.82, 2.24) is 14.8 Å². The number of aromatic nitrogens is 3. The number of pyridine rings is 1. The fraction of sp³-hybridized carbons (Fsp3) is 0.250. The minimum absolute atomic E-state index is 0.107. The van der Waals surface area contributed by atoms with Crippen molar-refractivity contribution in [3.63, 3.8) is 0 Å². The number of benzene rings is 1. The van der Waals surface area contributed by atoms with E-state index in [-0.39, 0.29) is 5.56 Å². The van der Waals surface area contributed by atoms with Crippen LogP contribution in [0.25, 0.3) is 16.9 Å². The van der Waals surface area contributed by atoms with E-state index in [0.29, 0.717) is 5.56 Å². The summed E-state index contributed by atoms with van der Waals surface area (Å²) in [6, 6.07) is 7.30. The quantitative estimate of drug-likeness (QED) is 0.800. The average Bonchev–Trinajstić information content (AvgIpc) is 2.86. The lowest BCUT2D eigenvalue weighted by Gasteiger charge is -2.03. The number of fused-ring (bicyclic) bond motifs is 1. The highest BCUT2D eigenvalue weighted by atomic mass is 16.5. The van der Waals surface area contributed by atoms with Crippen LogP contribution in [-0.4, -0.2) is 21.9 Å². The lowest BCUT2D eigenvalue weighted by molar-refractivity contribution is 0.414. The smallest absolute Gasteiger partial charge is 0.282 e. The molecule has 1 aromatic rings. The Morgan fingerprint density at radius 2 is 2.00 bits per heavy atom. The highest BCUT2D eigenvalue weighted by molar-refractivity contribution is 5.63. The molecule has 0 atom stereocenters. The van der Waals surface area contributed by atoms with Crippen LogP contribution in [0.5, 0.6) is 5.75 Å². The van der Waals surface area contributed by atoms with Gasteiger partial charge in [0.25, 0.3) is 5.56 Å². The molecule has 0 fully saturated rings. The molecule has 0 aromatic heterocycles. The van der Waals surface area contributed by atoms with Gasteiger partial charge >= 0.3 is 0 Å². The van der Waals surface area contributed by atoms with Crippen LogP contribution in [-0.2, 0) is 6.42 Å².